The predicted molar refractivity (Wildman–Crippen MR) is 68.7 cm³/mol. The van der Waals surface area contributed by atoms with E-state index in [0.29, 0.717) is 5.02 Å². The Bertz CT molecular complexity index is 492. The SMILES string of the molecule is O=C(O)C1(Cl)C=CC(c2ccccc2Cl)C=C1. The number of halogens is 2. The van der Waals surface area contributed by atoms with Gasteiger partial charge in [-0.3, -0.25) is 0 Å². The molecule has 0 spiro atoms. The lowest BCUT2D eigenvalue weighted by Crippen LogP contribution is -2.29. The van der Waals surface area contributed by atoms with Crippen LogP contribution < -0.4 is 0 Å². The second-order valence-electron chi connectivity index (χ2n) is 3.84. The maximum atomic E-state index is 10.9. The first kappa shape index (κ1) is 12.2. The van der Waals surface area contributed by atoms with Crippen LogP contribution >= 0.6 is 23.2 Å². The molecule has 0 aliphatic heterocycles. The number of hydrogen-bond donors (Lipinski definition) is 1. The van der Waals surface area contributed by atoms with E-state index < -0.39 is 10.8 Å². The minimum absolute atomic E-state index is 0.0325. The summed E-state index contributed by atoms with van der Waals surface area (Å²) in [6, 6.07) is 7.45. The van der Waals surface area contributed by atoms with Gasteiger partial charge in [-0.15, -0.1) is 0 Å². The van der Waals surface area contributed by atoms with Crippen molar-refractivity contribution in [3.63, 3.8) is 0 Å². The zero-order chi connectivity index (χ0) is 12.5. The zero-order valence-corrected chi connectivity index (χ0v) is 10.3. The summed E-state index contributed by atoms with van der Waals surface area (Å²) >= 11 is 12.0. The molecule has 0 heterocycles. The Hall–Kier alpha value is -1.25. The maximum Gasteiger partial charge on any atom is 0.332 e. The number of alkyl halides is 1. The van der Waals surface area contributed by atoms with E-state index in [4.69, 9.17) is 28.3 Å². The Morgan fingerprint density at radius 1 is 1.24 bits per heavy atom. The van der Waals surface area contributed by atoms with Crippen molar-refractivity contribution in [1.82, 2.24) is 0 Å². The molecule has 0 unspecified atom stereocenters. The first-order chi connectivity index (χ1) is 8.03. The molecule has 0 bridgehead atoms. The lowest BCUT2D eigenvalue weighted by Gasteiger charge is -2.21. The molecule has 1 N–H and O–H groups in total. The molecule has 2 nitrogen and oxygen atoms in total. The van der Waals surface area contributed by atoms with Crippen LogP contribution in [0.2, 0.25) is 5.02 Å². The van der Waals surface area contributed by atoms with Crippen molar-refractivity contribution in [3.05, 3.63) is 59.2 Å². The van der Waals surface area contributed by atoms with Gasteiger partial charge >= 0.3 is 5.97 Å². The van der Waals surface area contributed by atoms with Crippen molar-refractivity contribution >= 4 is 29.2 Å². The quantitative estimate of drug-likeness (QED) is 0.657. The average molecular weight is 269 g/mol. The van der Waals surface area contributed by atoms with Gasteiger partial charge in [0.15, 0.2) is 4.87 Å². The number of carboxylic acid groups (broad SMARTS) is 1. The van der Waals surface area contributed by atoms with E-state index in [0.717, 1.165) is 5.56 Å². The summed E-state index contributed by atoms with van der Waals surface area (Å²) in [5.74, 6) is -1.11. The Kier molecular flexibility index (Phi) is 3.27. The molecule has 0 fully saturated rings. The normalized spacial score (nSPS) is 27.1. The Morgan fingerprint density at radius 2 is 1.82 bits per heavy atom. The predicted octanol–water partition coefficient (Wildman–Crippen LogP) is 3.61. The van der Waals surface area contributed by atoms with Gasteiger partial charge in [0.05, 0.1) is 0 Å². The van der Waals surface area contributed by atoms with Gasteiger partial charge in [-0.25, -0.2) is 4.79 Å². The molecular formula is C13H10Cl2O2. The molecule has 1 aromatic carbocycles. The maximum absolute atomic E-state index is 10.9. The number of rotatable bonds is 2. The molecule has 0 saturated carbocycles. The number of hydrogen-bond acceptors (Lipinski definition) is 1. The van der Waals surface area contributed by atoms with E-state index in [2.05, 4.69) is 0 Å². The van der Waals surface area contributed by atoms with Crippen LogP contribution in [0.25, 0.3) is 0 Å². The van der Waals surface area contributed by atoms with Crippen LogP contribution in [0.4, 0.5) is 0 Å². The minimum atomic E-state index is -1.43. The van der Waals surface area contributed by atoms with E-state index in [-0.39, 0.29) is 5.92 Å². The van der Waals surface area contributed by atoms with Crippen LogP contribution in [-0.4, -0.2) is 16.0 Å². The fourth-order valence-corrected chi connectivity index (χ4v) is 2.11. The van der Waals surface area contributed by atoms with Gasteiger partial charge in [0, 0.05) is 10.9 Å². The zero-order valence-electron chi connectivity index (χ0n) is 8.81. The highest BCUT2D eigenvalue weighted by Gasteiger charge is 2.32. The van der Waals surface area contributed by atoms with Crippen molar-refractivity contribution in [2.45, 2.75) is 10.8 Å². The molecule has 1 aromatic rings. The summed E-state index contributed by atoms with van der Waals surface area (Å²) in [6.45, 7) is 0. The van der Waals surface area contributed by atoms with Crippen molar-refractivity contribution < 1.29 is 9.90 Å². The average Bonchev–Trinajstić information content (AvgIpc) is 2.31. The monoisotopic (exact) mass is 268 g/mol. The molecule has 0 aromatic heterocycles. The minimum Gasteiger partial charge on any atom is -0.479 e. The standard InChI is InChI=1S/C13H10Cl2O2/c14-11-4-2-1-3-10(11)9-5-7-13(15,8-6-9)12(16)17/h1-9H,(H,16,17). The summed E-state index contributed by atoms with van der Waals surface area (Å²) < 4.78 is 0. The highest BCUT2D eigenvalue weighted by atomic mass is 35.5. The van der Waals surface area contributed by atoms with E-state index in [1.54, 1.807) is 18.2 Å². The molecule has 88 valence electrons. The molecule has 2 rings (SSSR count). The number of benzene rings is 1. The fraction of sp³-hybridized carbons (Fsp3) is 0.154. The van der Waals surface area contributed by atoms with E-state index in [9.17, 15) is 4.79 Å². The number of allylic oxidation sites excluding steroid dienone is 2. The first-order valence-electron chi connectivity index (χ1n) is 5.08. The Labute approximate surface area is 109 Å². The number of carboxylic acids is 1. The van der Waals surface area contributed by atoms with Crippen molar-refractivity contribution in [2.24, 2.45) is 0 Å². The van der Waals surface area contributed by atoms with E-state index in [1.165, 1.54) is 12.2 Å². The van der Waals surface area contributed by atoms with Crippen molar-refractivity contribution in [2.75, 3.05) is 0 Å². The molecule has 17 heavy (non-hydrogen) atoms. The number of aliphatic carboxylic acids is 1. The lowest BCUT2D eigenvalue weighted by atomic mass is 9.90. The van der Waals surface area contributed by atoms with Gasteiger partial charge in [-0.1, -0.05) is 65.7 Å². The third kappa shape index (κ3) is 2.38. The van der Waals surface area contributed by atoms with Gasteiger partial charge in [0.2, 0.25) is 0 Å². The molecule has 4 heteroatoms. The molecule has 0 radical (unpaired) electrons. The molecular weight excluding hydrogens is 259 g/mol. The summed E-state index contributed by atoms with van der Waals surface area (Å²) in [6.07, 6.45) is 6.46. The third-order valence-corrected chi connectivity index (χ3v) is 3.44. The largest absolute Gasteiger partial charge is 0.479 e. The smallest absolute Gasteiger partial charge is 0.332 e. The lowest BCUT2D eigenvalue weighted by molar-refractivity contribution is -0.137. The molecule has 0 amide bonds. The van der Waals surface area contributed by atoms with Crippen LogP contribution in [0.15, 0.2) is 48.6 Å². The topological polar surface area (TPSA) is 37.3 Å². The van der Waals surface area contributed by atoms with Crippen LogP contribution in [0.1, 0.15) is 11.5 Å². The van der Waals surface area contributed by atoms with Crippen LogP contribution in [0, 0.1) is 0 Å². The van der Waals surface area contributed by atoms with Crippen LogP contribution in [0.3, 0.4) is 0 Å². The van der Waals surface area contributed by atoms with Gasteiger partial charge in [-0.05, 0) is 11.6 Å². The first-order valence-corrected chi connectivity index (χ1v) is 5.84. The second-order valence-corrected chi connectivity index (χ2v) is 4.87. The molecule has 1 aliphatic carbocycles. The van der Waals surface area contributed by atoms with E-state index in [1.807, 2.05) is 18.2 Å². The van der Waals surface area contributed by atoms with Gasteiger partial charge in [-0.2, -0.15) is 0 Å². The molecule has 1 aliphatic rings. The Balaban J connectivity index is 2.28. The summed E-state index contributed by atoms with van der Waals surface area (Å²) in [4.78, 5) is 9.49. The van der Waals surface area contributed by atoms with Gasteiger partial charge in [0.25, 0.3) is 0 Å². The highest BCUT2D eigenvalue weighted by Crippen LogP contribution is 2.33. The summed E-state index contributed by atoms with van der Waals surface area (Å²) in [5, 5.41) is 9.61. The highest BCUT2D eigenvalue weighted by molar-refractivity contribution is 6.37. The van der Waals surface area contributed by atoms with Gasteiger partial charge in [0.1, 0.15) is 0 Å². The van der Waals surface area contributed by atoms with Gasteiger partial charge < -0.3 is 5.11 Å². The number of carbonyl (C=O) groups is 1. The van der Waals surface area contributed by atoms with Crippen LogP contribution in [-0.2, 0) is 4.79 Å². The summed E-state index contributed by atoms with van der Waals surface area (Å²) in [5.41, 5.74) is 0.936. The second kappa shape index (κ2) is 4.55. The fourth-order valence-electron chi connectivity index (χ4n) is 1.70. The van der Waals surface area contributed by atoms with Crippen molar-refractivity contribution in [3.8, 4) is 0 Å². The van der Waals surface area contributed by atoms with E-state index >= 15 is 0 Å². The Morgan fingerprint density at radius 3 is 2.35 bits per heavy atom. The van der Waals surface area contributed by atoms with Crippen LogP contribution in [0.5, 0.6) is 0 Å². The molecule has 0 atom stereocenters. The molecule has 0 saturated heterocycles. The third-order valence-electron chi connectivity index (χ3n) is 2.68. The van der Waals surface area contributed by atoms with Crippen molar-refractivity contribution in [1.29, 1.82) is 0 Å². The summed E-state index contributed by atoms with van der Waals surface area (Å²) in [7, 11) is 0.